The van der Waals surface area contributed by atoms with E-state index in [0.717, 1.165) is 0 Å². The third kappa shape index (κ3) is 1.19. The highest BCUT2D eigenvalue weighted by Gasteiger charge is 2.06. The minimum absolute atomic E-state index is 0.151. The lowest BCUT2D eigenvalue weighted by Crippen LogP contribution is -2.10. The first kappa shape index (κ1) is 8.87. The number of hydrogen-bond donors (Lipinski definition) is 1. The summed E-state index contributed by atoms with van der Waals surface area (Å²) < 4.78 is 13.1. The fourth-order valence-corrected chi connectivity index (χ4v) is 1.35. The molecule has 0 aliphatic rings. The van der Waals surface area contributed by atoms with E-state index in [1.165, 1.54) is 12.1 Å². The van der Waals surface area contributed by atoms with E-state index in [1.54, 1.807) is 13.8 Å². The highest BCUT2D eigenvalue weighted by molar-refractivity contribution is 5.78. The van der Waals surface area contributed by atoms with Crippen LogP contribution in [0.2, 0.25) is 0 Å². The van der Waals surface area contributed by atoms with Crippen LogP contribution in [0.25, 0.3) is 10.9 Å². The number of fused-ring (bicyclic) bond motifs is 1. The lowest BCUT2D eigenvalue weighted by Gasteiger charge is -2.01. The van der Waals surface area contributed by atoms with Gasteiger partial charge in [0.2, 0.25) is 5.43 Å². The van der Waals surface area contributed by atoms with Crippen LogP contribution >= 0.6 is 0 Å². The summed E-state index contributed by atoms with van der Waals surface area (Å²) in [5.41, 5.74) is 1.14. The highest BCUT2D eigenvalue weighted by atomic mass is 19.1. The van der Waals surface area contributed by atoms with Crippen LogP contribution in [0.15, 0.2) is 16.9 Å². The van der Waals surface area contributed by atoms with Crippen molar-refractivity contribution in [1.82, 2.24) is 10.2 Å². The summed E-state index contributed by atoms with van der Waals surface area (Å²) in [6.45, 7) is 3.25. The molecule has 3 nitrogen and oxygen atoms in total. The van der Waals surface area contributed by atoms with Gasteiger partial charge < -0.3 is 0 Å². The number of halogens is 1. The van der Waals surface area contributed by atoms with Crippen molar-refractivity contribution >= 4 is 10.9 Å². The first-order chi connectivity index (χ1) is 6.59. The van der Waals surface area contributed by atoms with E-state index in [-0.39, 0.29) is 11.2 Å². The molecule has 0 saturated carbocycles. The number of hydrogen-bond acceptors (Lipinski definition) is 2. The van der Waals surface area contributed by atoms with Gasteiger partial charge in [-0.1, -0.05) is 0 Å². The van der Waals surface area contributed by atoms with Gasteiger partial charge in [0.05, 0.1) is 5.52 Å². The number of aryl methyl sites for hydroxylation is 2. The van der Waals surface area contributed by atoms with Crippen molar-refractivity contribution in [3.63, 3.8) is 0 Å². The predicted molar refractivity (Wildman–Crippen MR) is 51.8 cm³/mol. The average Bonchev–Trinajstić information content (AvgIpc) is 2.15. The predicted octanol–water partition coefficient (Wildman–Crippen LogP) is 1.68. The largest absolute Gasteiger partial charge is 0.287 e. The van der Waals surface area contributed by atoms with Crippen molar-refractivity contribution in [3.05, 3.63) is 39.4 Å². The molecule has 0 aliphatic carbocycles. The Morgan fingerprint density at radius 1 is 1.36 bits per heavy atom. The summed E-state index contributed by atoms with van der Waals surface area (Å²) in [5.74, 6) is -0.334. The number of benzene rings is 1. The Kier molecular flexibility index (Phi) is 1.84. The number of H-pyrrole nitrogens is 1. The minimum Gasteiger partial charge on any atom is -0.287 e. The molecule has 1 aromatic carbocycles. The third-order valence-electron chi connectivity index (χ3n) is 2.22. The zero-order valence-corrected chi connectivity index (χ0v) is 7.89. The number of nitrogens with one attached hydrogen (secondary N) is 1. The van der Waals surface area contributed by atoms with Gasteiger partial charge in [0, 0.05) is 5.39 Å². The van der Waals surface area contributed by atoms with Gasteiger partial charge in [0.15, 0.2) is 0 Å². The minimum atomic E-state index is -0.334. The zero-order valence-electron chi connectivity index (χ0n) is 7.89. The van der Waals surface area contributed by atoms with Crippen LogP contribution in [0.4, 0.5) is 4.39 Å². The molecule has 4 heteroatoms. The van der Waals surface area contributed by atoms with Gasteiger partial charge in [0.1, 0.15) is 11.5 Å². The number of nitrogens with zero attached hydrogens (tertiary/aromatic N) is 1. The van der Waals surface area contributed by atoms with E-state index >= 15 is 0 Å². The first-order valence-corrected chi connectivity index (χ1v) is 4.25. The maximum atomic E-state index is 13.1. The molecule has 0 saturated heterocycles. The summed E-state index contributed by atoms with van der Waals surface area (Å²) >= 11 is 0. The van der Waals surface area contributed by atoms with E-state index in [1.807, 2.05) is 0 Å². The number of rotatable bonds is 0. The van der Waals surface area contributed by atoms with E-state index in [0.29, 0.717) is 22.2 Å². The highest BCUT2D eigenvalue weighted by Crippen LogP contribution is 2.13. The number of aromatic amines is 1. The van der Waals surface area contributed by atoms with Gasteiger partial charge in [-0.2, -0.15) is 5.10 Å². The molecule has 1 heterocycles. The third-order valence-corrected chi connectivity index (χ3v) is 2.22. The van der Waals surface area contributed by atoms with Gasteiger partial charge in [-0.3, -0.25) is 9.89 Å². The smallest absolute Gasteiger partial charge is 0.210 e. The van der Waals surface area contributed by atoms with Crippen molar-refractivity contribution in [1.29, 1.82) is 0 Å². The Bertz CT molecular complexity index is 560. The summed E-state index contributed by atoms with van der Waals surface area (Å²) in [7, 11) is 0. The van der Waals surface area contributed by atoms with Crippen LogP contribution in [-0.2, 0) is 0 Å². The molecule has 2 aromatic rings. The maximum absolute atomic E-state index is 13.1. The Labute approximate surface area is 79.6 Å². The van der Waals surface area contributed by atoms with Gasteiger partial charge in [0.25, 0.3) is 0 Å². The van der Waals surface area contributed by atoms with Crippen molar-refractivity contribution in [2.45, 2.75) is 13.8 Å². The fraction of sp³-hybridized carbons (Fsp3) is 0.200. The maximum Gasteiger partial charge on any atom is 0.210 e. The Morgan fingerprint density at radius 3 is 2.79 bits per heavy atom. The molecule has 72 valence electrons. The van der Waals surface area contributed by atoms with Crippen molar-refractivity contribution in [2.75, 3.05) is 0 Å². The summed E-state index contributed by atoms with van der Waals surface area (Å²) in [6.07, 6.45) is 0. The quantitative estimate of drug-likeness (QED) is 0.690. The van der Waals surface area contributed by atoms with Crippen LogP contribution in [0.5, 0.6) is 0 Å². The van der Waals surface area contributed by atoms with Gasteiger partial charge in [-0.05, 0) is 31.5 Å². The zero-order chi connectivity index (χ0) is 10.3. The van der Waals surface area contributed by atoms with Crippen molar-refractivity contribution in [2.24, 2.45) is 0 Å². The Balaban J connectivity index is 2.97. The van der Waals surface area contributed by atoms with E-state index in [4.69, 9.17) is 0 Å². The summed E-state index contributed by atoms with van der Waals surface area (Å²) in [5, 5.41) is 6.89. The molecule has 1 aromatic heterocycles. The molecule has 0 bridgehead atoms. The van der Waals surface area contributed by atoms with E-state index < -0.39 is 0 Å². The van der Waals surface area contributed by atoms with E-state index in [9.17, 15) is 9.18 Å². The second-order valence-corrected chi connectivity index (χ2v) is 3.29. The molecule has 0 fully saturated rings. The second kappa shape index (κ2) is 2.90. The van der Waals surface area contributed by atoms with Crippen LogP contribution in [-0.4, -0.2) is 10.2 Å². The summed E-state index contributed by atoms with van der Waals surface area (Å²) in [4.78, 5) is 11.6. The molecule has 0 aliphatic heterocycles. The molecule has 0 amide bonds. The molecule has 0 spiro atoms. The Hall–Kier alpha value is -1.71. The lowest BCUT2D eigenvalue weighted by molar-refractivity contribution is 0.620. The van der Waals surface area contributed by atoms with Gasteiger partial charge >= 0.3 is 0 Å². The average molecular weight is 192 g/mol. The van der Waals surface area contributed by atoms with Crippen LogP contribution in [0.3, 0.4) is 0 Å². The molecule has 14 heavy (non-hydrogen) atoms. The summed E-state index contributed by atoms with van der Waals surface area (Å²) in [6, 6.07) is 2.83. The van der Waals surface area contributed by atoms with Crippen molar-refractivity contribution in [3.8, 4) is 0 Å². The second-order valence-electron chi connectivity index (χ2n) is 3.29. The standard InChI is InChI=1S/C10H9FN2O/c1-5-3-7-9(4-8(5)11)13-12-6(2)10(7)14/h3-4H,1-2H3,(H,13,14). The van der Waals surface area contributed by atoms with Gasteiger partial charge in [-0.15, -0.1) is 0 Å². The fourth-order valence-electron chi connectivity index (χ4n) is 1.35. The Morgan fingerprint density at radius 2 is 2.07 bits per heavy atom. The van der Waals surface area contributed by atoms with Crippen LogP contribution < -0.4 is 5.43 Å². The normalized spacial score (nSPS) is 10.8. The lowest BCUT2D eigenvalue weighted by atomic mass is 10.1. The topological polar surface area (TPSA) is 45.8 Å². The molecular weight excluding hydrogens is 183 g/mol. The van der Waals surface area contributed by atoms with Crippen molar-refractivity contribution < 1.29 is 4.39 Å². The van der Waals surface area contributed by atoms with E-state index in [2.05, 4.69) is 10.2 Å². The molecule has 2 rings (SSSR count). The van der Waals surface area contributed by atoms with Gasteiger partial charge in [-0.25, -0.2) is 4.39 Å². The SMILES string of the molecule is Cc1cc2c(=O)c(C)n[nH]c2cc1F. The molecule has 0 radical (unpaired) electrons. The monoisotopic (exact) mass is 192 g/mol. The first-order valence-electron chi connectivity index (χ1n) is 4.25. The molecule has 1 N–H and O–H groups in total. The molecule has 0 atom stereocenters. The molecule has 0 unspecified atom stereocenters. The molecular formula is C10H9FN2O. The van der Waals surface area contributed by atoms with Crippen LogP contribution in [0, 0.1) is 19.7 Å². The number of aromatic nitrogens is 2. The van der Waals surface area contributed by atoms with Crippen LogP contribution in [0.1, 0.15) is 11.3 Å².